The van der Waals surface area contributed by atoms with Gasteiger partial charge in [0.15, 0.2) is 0 Å². The maximum absolute atomic E-state index is 12.5. The summed E-state index contributed by atoms with van der Waals surface area (Å²) in [4.78, 5) is 33.9. The Morgan fingerprint density at radius 1 is 1.26 bits per heavy atom. The summed E-state index contributed by atoms with van der Waals surface area (Å²) in [6.45, 7) is 3.13. The van der Waals surface area contributed by atoms with Gasteiger partial charge in [-0.3, -0.25) is 19.6 Å². The zero-order chi connectivity index (χ0) is 16.2. The number of hydrogen-bond acceptors (Lipinski definition) is 4. The molecule has 6 heteroatoms. The molecule has 0 atom stereocenters. The van der Waals surface area contributed by atoms with E-state index in [2.05, 4.69) is 15.3 Å². The normalized spacial score (nSPS) is 13.3. The molecule has 0 radical (unpaired) electrons. The van der Waals surface area contributed by atoms with Crippen LogP contribution in [0.2, 0.25) is 0 Å². The summed E-state index contributed by atoms with van der Waals surface area (Å²) in [7, 11) is 0. The van der Waals surface area contributed by atoms with Crippen LogP contribution in [-0.2, 0) is 24.3 Å². The first-order chi connectivity index (χ1) is 11.1. The van der Waals surface area contributed by atoms with Gasteiger partial charge in [-0.05, 0) is 29.2 Å². The predicted octanol–water partition coefficient (Wildman–Crippen LogP) is 1.31. The minimum Gasteiger partial charge on any atom is -0.348 e. The fourth-order valence-corrected chi connectivity index (χ4v) is 2.74. The van der Waals surface area contributed by atoms with Crippen LogP contribution in [0, 0.1) is 0 Å². The molecule has 1 aliphatic rings. The number of carbonyl (C=O) groups is 2. The Labute approximate surface area is 134 Å². The van der Waals surface area contributed by atoms with Crippen LogP contribution in [0.4, 0.5) is 0 Å². The van der Waals surface area contributed by atoms with E-state index in [4.69, 9.17) is 0 Å². The highest BCUT2D eigenvalue weighted by Crippen LogP contribution is 2.21. The van der Waals surface area contributed by atoms with Crippen molar-refractivity contribution in [2.24, 2.45) is 0 Å². The van der Waals surface area contributed by atoms with Gasteiger partial charge in [0, 0.05) is 51.3 Å². The number of hydrogen-bond donors (Lipinski definition) is 1. The van der Waals surface area contributed by atoms with E-state index < -0.39 is 0 Å². The highest BCUT2D eigenvalue weighted by Gasteiger charge is 2.23. The van der Waals surface area contributed by atoms with Gasteiger partial charge < -0.3 is 10.2 Å². The molecule has 0 saturated heterocycles. The van der Waals surface area contributed by atoms with Gasteiger partial charge in [0.05, 0.1) is 5.56 Å². The Kier molecular flexibility index (Phi) is 4.32. The summed E-state index contributed by atoms with van der Waals surface area (Å²) in [5.41, 5.74) is 3.47. The van der Waals surface area contributed by atoms with Crippen molar-refractivity contribution >= 4 is 11.8 Å². The topological polar surface area (TPSA) is 75.2 Å². The van der Waals surface area contributed by atoms with Crippen molar-refractivity contribution < 1.29 is 9.59 Å². The number of aromatic nitrogens is 2. The molecular formula is C17H18N4O2. The number of amides is 2. The number of nitrogens with one attached hydrogen (secondary N) is 1. The molecule has 0 spiro atoms. The van der Waals surface area contributed by atoms with Crippen molar-refractivity contribution in [1.29, 1.82) is 0 Å². The predicted molar refractivity (Wildman–Crippen MR) is 84.4 cm³/mol. The van der Waals surface area contributed by atoms with Crippen LogP contribution < -0.4 is 5.32 Å². The van der Waals surface area contributed by atoms with E-state index in [0.717, 1.165) is 16.7 Å². The van der Waals surface area contributed by atoms with E-state index in [-0.39, 0.29) is 11.8 Å². The molecule has 3 heterocycles. The van der Waals surface area contributed by atoms with Crippen molar-refractivity contribution in [1.82, 2.24) is 20.2 Å². The average molecular weight is 310 g/mol. The maximum atomic E-state index is 12.5. The Hall–Kier alpha value is -2.76. The molecule has 0 saturated carbocycles. The van der Waals surface area contributed by atoms with E-state index in [9.17, 15) is 9.59 Å². The molecule has 2 amide bonds. The van der Waals surface area contributed by atoms with Gasteiger partial charge in [-0.15, -0.1) is 0 Å². The van der Waals surface area contributed by atoms with Gasteiger partial charge >= 0.3 is 0 Å². The van der Waals surface area contributed by atoms with Gasteiger partial charge in [-0.1, -0.05) is 6.07 Å². The molecule has 1 N–H and O–H groups in total. The largest absolute Gasteiger partial charge is 0.348 e. The van der Waals surface area contributed by atoms with Gasteiger partial charge in [-0.2, -0.15) is 0 Å². The van der Waals surface area contributed by atoms with E-state index in [1.54, 1.807) is 36.6 Å². The summed E-state index contributed by atoms with van der Waals surface area (Å²) in [5.74, 6) is -0.100. The summed E-state index contributed by atoms with van der Waals surface area (Å²) >= 11 is 0. The van der Waals surface area contributed by atoms with E-state index in [0.29, 0.717) is 31.6 Å². The number of pyridine rings is 2. The summed E-state index contributed by atoms with van der Waals surface area (Å²) in [5, 5.41) is 2.90. The molecule has 0 bridgehead atoms. The minimum absolute atomic E-state index is 0.0436. The molecule has 3 rings (SSSR count). The second kappa shape index (κ2) is 6.56. The lowest BCUT2D eigenvalue weighted by atomic mass is 9.96. The van der Waals surface area contributed by atoms with Crippen molar-refractivity contribution in [3.63, 3.8) is 0 Å². The quantitative estimate of drug-likeness (QED) is 0.927. The van der Waals surface area contributed by atoms with Crippen molar-refractivity contribution in [3.8, 4) is 0 Å². The highest BCUT2D eigenvalue weighted by atomic mass is 16.2. The van der Waals surface area contributed by atoms with E-state index in [1.165, 1.54) is 0 Å². The maximum Gasteiger partial charge on any atom is 0.253 e. The van der Waals surface area contributed by atoms with Crippen LogP contribution in [-0.4, -0.2) is 33.2 Å². The Balaban J connectivity index is 1.75. The number of nitrogens with zero attached hydrogens (tertiary/aromatic N) is 3. The number of fused-ring (bicyclic) bond motifs is 1. The molecule has 2 aromatic heterocycles. The average Bonchev–Trinajstić information content (AvgIpc) is 2.59. The molecule has 6 nitrogen and oxygen atoms in total. The van der Waals surface area contributed by atoms with Crippen LogP contribution in [0.15, 0.2) is 36.9 Å². The Morgan fingerprint density at radius 2 is 2.13 bits per heavy atom. The molecule has 0 aliphatic carbocycles. The lowest BCUT2D eigenvalue weighted by molar-refractivity contribution is -0.129. The fourth-order valence-electron chi connectivity index (χ4n) is 2.74. The van der Waals surface area contributed by atoms with E-state index in [1.807, 2.05) is 12.1 Å². The lowest BCUT2D eigenvalue weighted by Crippen LogP contribution is -2.36. The molecular weight excluding hydrogens is 292 g/mol. The van der Waals surface area contributed by atoms with Gasteiger partial charge in [0.25, 0.3) is 5.91 Å². The highest BCUT2D eigenvalue weighted by molar-refractivity contribution is 5.95. The fraction of sp³-hybridized carbons (Fsp3) is 0.294. The molecule has 2 aromatic rings. The monoisotopic (exact) mass is 310 g/mol. The van der Waals surface area contributed by atoms with Crippen molar-refractivity contribution in [2.75, 3.05) is 6.54 Å². The van der Waals surface area contributed by atoms with E-state index >= 15 is 0 Å². The minimum atomic E-state index is -0.144. The van der Waals surface area contributed by atoms with Gasteiger partial charge in [0.1, 0.15) is 0 Å². The molecule has 0 unspecified atom stereocenters. The second-order valence-electron chi connectivity index (χ2n) is 5.56. The first-order valence-electron chi connectivity index (χ1n) is 7.53. The Bertz CT molecular complexity index is 731. The third-order valence-corrected chi connectivity index (χ3v) is 4.01. The zero-order valence-electron chi connectivity index (χ0n) is 13.0. The van der Waals surface area contributed by atoms with Crippen LogP contribution >= 0.6 is 0 Å². The molecule has 0 fully saturated rings. The standard InChI is InChI=1S/C17H18N4O2/c1-12(22)21-6-4-15-14(11-21)9-19-10-16(15)17(23)20-8-13-3-2-5-18-7-13/h2-3,5,7,9-10H,4,6,8,11H2,1H3,(H,20,23). The molecule has 1 aliphatic heterocycles. The van der Waals surface area contributed by atoms with Crippen molar-refractivity contribution in [3.05, 3.63) is 59.2 Å². The number of rotatable bonds is 3. The van der Waals surface area contributed by atoms with Crippen LogP contribution in [0.1, 0.15) is 34.0 Å². The summed E-state index contributed by atoms with van der Waals surface area (Å²) < 4.78 is 0. The zero-order valence-corrected chi connectivity index (χ0v) is 13.0. The Morgan fingerprint density at radius 3 is 2.87 bits per heavy atom. The summed E-state index contributed by atoms with van der Waals surface area (Å²) in [6, 6.07) is 3.75. The van der Waals surface area contributed by atoms with Gasteiger partial charge in [-0.25, -0.2) is 0 Å². The number of carbonyl (C=O) groups excluding carboxylic acids is 2. The van der Waals surface area contributed by atoms with Gasteiger partial charge in [0.2, 0.25) is 5.91 Å². The van der Waals surface area contributed by atoms with Crippen molar-refractivity contribution in [2.45, 2.75) is 26.4 Å². The third kappa shape index (κ3) is 3.36. The molecule has 0 aromatic carbocycles. The molecule has 118 valence electrons. The summed E-state index contributed by atoms with van der Waals surface area (Å²) in [6.07, 6.45) is 7.43. The smallest absolute Gasteiger partial charge is 0.253 e. The lowest BCUT2D eigenvalue weighted by Gasteiger charge is -2.28. The molecule has 23 heavy (non-hydrogen) atoms. The first kappa shape index (κ1) is 15.1. The second-order valence-corrected chi connectivity index (χ2v) is 5.56. The van der Waals surface area contributed by atoms with Crippen LogP contribution in [0.25, 0.3) is 0 Å². The SMILES string of the molecule is CC(=O)N1CCc2c(cncc2C(=O)NCc2cccnc2)C1. The first-order valence-corrected chi connectivity index (χ1v) is 7.53. The third-order valence-electron chi connectivity index (χ3n) is 4.01. The van der Waals surface area contributed by atoms with Crippen LogP contribution in [0.3, 0.4) is 0 Å². The van der Waals surface area contributed by atoms with Crippen LogP contribution in [0.5, 0.6) is 0 Å².